The molecule has 0 fully saturated rings. The third-order valence-electron chi connectivity index (χ3n) is 1.23. The molecule has 0 heterocycles. The second-order valence-corrected chi connectivity index (χ2v) is 3.26. The van der Waals surface area contributed by atoms with Gasteiger partial charge in [-0.05, 0) is 0 Å². The number of aliphatic hydroxyl groups is 1. The van der Waals surface area contributed by atoms with Crippen molar-refractivity contribution in [2.75, 3.05) is 6.61 Å². The Morgan fingerprint density at radius 2 is 2.36 bits per heavy atom. The summed E-state index contributed by atoms with van der Waals surface area (Å²) in [5.41, 5.74) is 0.366. The zero-order valence-electron chi connectivity index (χ0n) is 6.96. The number of aliphatic hydroxyl groups excluding tert-OH is 1. The predicted octanol–water partition coefficient (Wildman–Crippen LogP) is 0.0534. The summed E-state index contributed by atoms with van der Waals surface area (Å²) in [6.07, 6.45) is -0.495. The fourth-order valence-electron chi connectivity index (χ4n) is 0.413. The monoisotopic (exact) mass is 166 g/mol. The molecule has 1 unspecified atom stereocenters. The van der Waals surface area contributed by atoms with Crippen molar-refractivity contribution in [3.05, 3.63) is 12.2 Å². The maximum atomic E-state index is 10.7. The van der Waals surface area contributed by atoms with Gasteiger partial charge in [-0.15, -0.1) is 0 Å². The topological polar surface area (TPSA) is 46.5 Å². The molecule has 1 N–H and O–H groups in total. The van der Waals surface area contributed by atoms with Crippen LogP contribution in [0.15, 0.2) is 12.2 Å². The van der Waals surface area contributed by atoms with Crippen LogP contribution in [0.3, 0.4) is 0 Å². The molecule has 0 aliphatic carbocycles. The van der Waals surface area contributed by atoms with E-state index in [-0.39, 0.29) is 6.61 Å². The van der Waals surface area contributed by atoms with E-state index in [1.54, 1.807) is 6.92 Å². The summed E-state index contributed by atoms with van der Waals surface area (Å²) < 4.78 is 5.42. The van der Waals surface area contributed by atoms with Crippen LogP contribution in [-0.4, -0.2) is 51.7 Å². The van der Waals surface area contributed by atoms with Gasteiger partial charge in [0, 0.05) is 0 Å². The Kier molecular flexibility index (Phi) is 5.86. The predicted molar refractivity (Wildman–Crippen MR) is 42.3 cm³/mol. The molecule has 3 nitrogen and oxygen atoms in total. The molecule has 0 aromatic heterocycles. The zero-order chi connectivity index (χ0) is 8.85. The fourth-order valence-corrected chi connectivity index (χ4v) is 0.649. The summed E-state index contributed by atoms with van der Waals surface area (Å²) in [4.78, 5) is 10.7. The van der Waals surface area contributed by atoms with Gasteiger partial charge < -0.3 is 0 Å². The van der Waals surface area contributed by atoms with Crippen LogP contribution in [0.25, 0.3) is 0 Å². The van der Waals surface area contributed by atoms with Crippen molar-refractivity contribution in [3.8, 4) is 0 Å². The van der Waals surface area contributed by atoms with Crippen molar-refractivity contribution in [2.45, 2.75) is 16.7 Å². The Morgan fingerprint density at radius 3 is 2.73 bits per heavy atom. The molecule has 58 valence electrons. The van der Waals surface area contributed by atoms with Gasteiger partial charge in [0.2, 0.25) is 0 Å². The van der Waals surface area contributed by atoms with Gasteiger partial charge in [0.1, 0.15) is 0 Å². The molecule has 0 spiro atoms. The molecule has 11 heavy (non-hydrogen) atoms. The Hall–Kier alpha value is 0.170. The molecule has 1 atom stereocenters. The van der Waals surface area contributed by atoms with Gasteiger partial charge >= 0.3 is 84.0 Å². The molecule has 0 saturated carbocycles. The molecule has 0 aromatic carbocycles. The molecule has 0 aromatic rings. The number of ether oxygens (including phenoxy) is 1. The quantitative estimate of drug-likeness (QED) is 0.365. The van der Waals surface area contributed by atoms with Crippen molar-refractivity contribution >= 4 is 33.9 Å². The number of esters is 1. The van der Waals surface area contributed by atoms with Crippen LogP contribution in [0.5, 0.6) is 0 Å². The SMILES string of the molecule is C=C(C)C(=O)OCC(O)[CH2][Na]. The first-order chi connectivity index (χ1) is 5.07. The van der Waals surface area contributed by atoms with Gasteiger partial charge in [-0.2, -0.15) is 0 Å². The Morgan fingerprint density at radius 1 is 1.82 bits per heavy atom. The van der Waals surface area contributed by atoms with Crippen molar-refractivity contribution in [1.82, 2.24) is 0 Å². The van der Waals surface area contributed by atoms with Crippen molar-refractivity contribution < 1.29 is 14.6 Å². The molecule has 0 aliphatic heterocycles. The molecule has 0 radical (unpaired) electrons. The second-order valence-electron chi connectivity index (χ2n) is 2.44. The Bertz CT molecular complexity index is 156. The molecule has 0 rings (SSSR count). The van der Waals surface area contributed by atoms with E-state index in [0.717, 1.165) is 31.6 Å². The molecular weight excluding hydrogens is 155 g/mol. The third kappa shape index (κ3) is 5.44. The van der Waals surface area contributed by atoms with Crippen molar-refractivity contribution in [1.29, 1.82) is 0 Å². The minimum absolute atomic E-state index is 0.0925. The Labute approximate surface area is 83.8 Å². The van der Waals surface area contributed by atoms with Gasteiger partial charge in [0.05, 0.1) is 0 Å². The molecule has 0 aliphatic rings. The van der Waals surface area contributed by atoms with Gasteiger partial charge in [0.25, 0.3) is 0 Å². The normalized spacial score (nSPS) is 12.4. The number of hydrogen-bond donors (Lipinski definition) is 1. The van der Waals surface area contributed by atoms with E-state index in [4.69, 9.17) is 5.11 Å². The summed E-state index contributed by atoms with van der Waals surface area (Å²) in [5, 5.41) is 9.02. The number of hydrogen-bond acceptors (Lipinski definition) is 3. The van der Waals surface area contributed by atoms with Crippen LogP contribution in [0, 0.1) is 0 Å². The van der Waals surface area contributed by atoms with E-state index in [1.165, 1.54) is 0 Å². The molecule has 4 heteroatoms. The van der Waals surface area contributed by atoms with E-state index in [2.05, 4.69) is 11.3 Å². The van der Waals surface area contributed by atoms with Crippen LogP contribution in [0.4, 0.5) is 0 Å². The molecule has 0 amide bonds. The average Bonchev–Trinajstić information content (AvgIpc) is 1.99. The summed E-state index contributed by atoms with van der Waals surface area (Å²) in [7, 11) is 0. The minimum atomic E-state index is -0.495. The first-order valence-corrected chi connectivity index (χ1v) is 5.00. The fraction of sp³-hybridized carbons (Fsp3) is 0.571. The molecule has 0 bridgehead atoms. The van der Waals surface area contributed by atoms with E-state index in [0.29, 0.717) is 5.57 Å². The second kappa shape index (κ2) is 5.77. The maximum absolute atomic E-state index is 10.7. The van der Waals surface area contributed by atoms with Gasteiger partial charge in [0.15, 0.2) is 0 Å². The van der Waals surface area contributed by atoms with E-state index in [1.807, 2.05) is 0 Å². The van der Waals surface area contributed by atoms with Gasteiger partial charge in [-0.25, -0.2) is 0 Å². The van der Waals surface area contributed by atoms with Crippen molar-refractivity contribution in [3.63, 3.8) is 0 Å². The Balaban J connectivity index is 3.54. The molecule has 0 saturated heterocycles. The van der Waals surface area contributed by atoms with E-state index in [9.17, 15) is 4.79 Å². The average molecular weight is 166 g/mol. The van der Waals surface area contributed by atoms with Crippen LogP contribution < -0.4 is 0 Å². The van der Waals surface area contributed by atoms with E-state index < -0.39 is 12.1 Å². The first-order valence-electron chi connectivity index (χ1n) is 3.58. The van der Waals surface area contributed by atoms with Gasteiger partial charge in [-0.1, -0.05) is 0 Å². The van der Waals surface area contributed by atoms with Crippen LogP contribution in [0.2, 0.25) is 3.67 Å². The first kappa shape index (κ1) is 11.2. The van der Waals surface area contributed by atoms with Crippen molar-refractivity contribution in [2.24, 2.45) is 0 Å². The zero-order valence-corrected chi connectivity index (χ0v) is 8.96. The van der Waals surface area contributed by atoms with Gasteiger partial charge in [-0.3, -0.25) is 0 Å². The van der Waals surface area contributed by atoms with E-state index >= 15 is 0 Å². The number of carbonyl (C=O) groups is 1. The number of carbonyl (C=O) groups excluding carboxylic acids is 1. The summed E-state index contributed by atoms with van der Waals surface area (Å²) in [6.45, 7) is 5.08. The third-order valence-corrected chi connectivity index (χ3v) is 2.17. The summed E-state index contributed by atoms with van der Waals surface area (Å²) in [6, 6.07) is 0. The number of rotatable bonds is 4. The summed E-state index contributed by atoms with van der Waals surface area (Å²) >= 11 is 0.915. The standard InChI is InChI=1S/C7H11O3.Na/c1-5(2)7(9)10-4-6(3)8;/h6,8H,1,3-4H2,2H3;. The summed E-state index contributed by atoms with van der Waals surface area (Å²) in [5.74, 6) is -0.431. The van der Waals surface area contributed by atoms with Crippen LogP contribution >= 0.6 is 0 Å². The van der Waals surface area contributed by atoms with Crippen LogP contribution in [-0.2, 0) is 9.53 Å². The molecular formula is C7H11NaO3. The van der Waals surface area contributed by atoms with Crippen LogP contribution in [0.1, 0.15) is 6.92 Å².